The van der Waals surface area contributed by atoms with Crippen molar-refractivity contribution in [3.05, 3.63) is 44.5 Å². The molecule has 4 nitrogen and oxygen atoms in total. The molecule has 2 rings (SSSR count). The lowest BCUT2D eigenvalue weighted by Gasteiger charge is -2.13. The molecule has 0 atom stereocenters. The van der Waals surface area contributed by atoms with Crippen LogP contribution >= 0.6 is 31.9 Å². The van der Waals surface area contributed by atoms with E-state index in [1.807, 2.05) is 26.0 Å². The van der Waals surface area contributed by atoms with Crippen LogP contribution in [0.4, 0.5) is 0 Å². The summed E-state index contributed by atoms with van der Waals surface area (Å²) < 4.78 is 13.1. The van der Waals surface area contributed by atoms with Crippen molar-refractivity contribution in [2.75, 3.05) is 6.61 Å². The number of hydrogen-bond donors (Lipinski definition) is 1. The van der Waals surface area contributed by atoms with Crippen molar-refractivity contribution in [1.82, 2.24) is 10.3 Å². The molecule has 0 aliphatic carbocycles. The Labute approximate surface area is 135 Å². The number of ether oxygens (including phenoxy) is 1. The number of hydrogen-bond acceptors (Lipinski definition) is 4. The number of rotatable bonds is 6. The van der Waals surface area contributed by atoms with Crippen LogP contribution in [0.5, 0.6) is 5.75 Å². The van der Waals surface area contributed by atoms with Crippen LogP contribution in [-0.4, -0.2) is 11.6 Å². The van der Waals surface area contributed by atoms with E-state index >= 15 is 0 Å². The molecular weight excluding hydrogens is 388 g/mol. The van der Waals surface area contributed by atoms with Crippen LogP contribution in [0, 0.1) is 6.92 Å². The van der Waals surface area contributed by atoms with Gasteiger partial charge in [0.05, 0.1) is 23.8 Å². The van der Waals surface area contributed by atoms with Crippen molar-refractivity contribution in [3.63, 3.8) is 0 Å². The molecular formula is C14H16Br2N2O2. The third-order valence-corrected chi connectivity index (χ3v) is 3.68. The van der Waals surface area contributed by atoms with E-state index in [-0.39, 0.29) is 0 Å². The minimum absolute atomic E-state index is 0.587. The van der Waals surface area contributed by atoms with E-state index in [0.717, 1.165) is 26.0 Å². The second-order valence-corrected chi connectivity index (χ2v) is 6.05. The van der Waals surface area contributed by atoms with Gasteiger partial charge < -0.3 is 14.5 Å². The molecule has 0 saturated heterocycles. The summed E-state index contributed by atoms with van der Waals surface area (Å²) in [5, 5.41) is 3.31. The smallest absolute Gasteiger partial charge is 0.208 e. The van der Waals surface area contributed by atoms with Crippen molar-refractivity contribution < 1.29 is 9.15 Å². The maximum absolute atomic E-state index is 5.68. The molecule has 1 heterocycles. The Kier molecular flexibility index (Phi) is 5.63. The van der Waals surface area contributed by atoms with Crippen LogP contribution in [0.3, 0.4) is 0 Å². The van der Waals surface area contributed by atoms with Crippen LogP contribution in [0.25, 0.3) is 0 Å². The van der Waals surface area contributed by atoms with Gasteiger partial charge in [0, 0.05) is 16.6 Å². The third-order valence-electron chi connectivity index (χ3n) is 2.63. The lowest BCUT2D eigenvalue weighted by atomic mass is 10.2. The number of aryl methyl sites for hydroxylation is 1. The molecule has 0 unspecified atom stereocenters. The lowest BCUT2D eigenvalue weighted by molar-refractivity contribution is 0.332. The van der Waals surface area contributed by atoms with E-state index < -0.39 is 0 Å². The fourth-order valence-electron chi connectivity index (χ4n) is 1.84. The first kappa shape index (κ1) is 15.5. The maximum Gasteiger partial charge on any atom is 0.208 e. The molecule has 1 aromatic heterocycles. The molecule has 0 fully saturated rings. The Hall–Kier alpha value is -0.850. The number of benzene rings is 1. The predicted octanol–water partition coefficient (Wildman–Crippen LogP) is 4.20. The summed E-state index contributed by atoms with van der Waals surface area (Å²) in [5.74, 6) is 2.38. The van der Waals surface area contributed by atoms with Crippen molar-refractivity contribution in [3.8, 4) is 5.75 Å². The van der Waals surface area contributed by atoms with Crippen LogP contribution in [0.15, 0.2) is 31.7 Å². The zero-order valence-corrected chi connectivity index (χ0v) is 14.5. The monoisotopic (exact) mass is 402 g/mol. The standard InChI is InChI=1S/C14H16Br2N2O2/c1-3-19-14-10(4-11(15)5-12(14)16)7-17-8-13-18-6-9(2)20-13/h4-6,17H,3,7-8H2,1-2H3. The van der Waals surface area contributed by atoms with Crippen molar-refractivity contribution >= 4 is 31.9 Å². The summed E-state index contributed by atoms with van der Waals surface area (Å²) in [6.45, 7) is 5.75. The quantitative estimate of drug-likeness (QED) is 0.785. The van der Waals surface area contributed by atoms with Crippen molar-refractivity contribution in [2.24, 2.45) is 0 Å². The SMILES string of the molecule is CCOc1c(Br)cc(Br)cc1CNCc1ncc(C)o1. The Morgan fingerprint density at radius 2 is 2.10 bits per heavy atom. The van der Waals surface area contributed by atoms with E-state index in [4.69, 9.17) is 9.15 Å². The molecule has 2 aromatic rings. The molecule has 20 heavy (non-hydrogen) atoms. The highest BCUT2D eigenvalue weighted by Crippen LogP contribution is 2.33. The lowest BCUT2D eigenvalue weighted by Crippen LogP contribution is -2.14. The van der Waals surface area contributed by atoms with Gasteiger partial charge in [-0.25, -0.2) is 4.98 Å². The number of aromatic nitrogens is 1. The molecule has 0 aliphatic rings. The first-order chi connectivity index (χ1) is 9.60. The highest BCUT2D eigenvalue weighted by atomic mass is 79.9. The summed E-state index contributed by atoms with van der Waals surface area (Å²) in [6.07, 6.45) is 1.72. The van der Waals surface area contributed by atoms with Crippen molar-refractivity contribution in [1.29, 1.82) is 0 Å². The minimum Gasteiger partial charge on any atom is -0.492 e. The summed E-state index contributed by atoms with van der Waals surface area (Å²) in [4.78, 5) is 4.16. The van der Waals surface area contributed by atoms with Gasteiger partial charge in [-0.3, -0.25) is 0 Å². The molecule has 0 radical (unpaired) electrons. The molecule has 0 amide bonds. The van der Waals surface area contributed by atoms with E-state index in [0.29, 0.717) is 25.6 Å². The molecule has 1 N–H and O–H groups in total. The Balaban J connectivity index is 2.04. The zero-order valence-electron chi connectivity index (χ0n) is 11.4. The molecule has 0 spiro atoms. The fraction of sp³-hybridized carbons (Fsp3) is 0.357. The summed E-state index contributed by atoms with van der Waals surface area (Å²) >= 11 is 7.02. The molecule has 0 saturated carbocycles. The van der Waals surface area contributed by atoms with Gasteiger partial charge in [-0.05, 0) is 41.9 Å². The maximum atomic E-state index is 5.68. The van der Waals surface area contributed by atoms with Gasteiger partial charge in [-0.2, -0.15) is 0 Å². The van der Waals surface area contributed by atoms with Gasteiger partial charge in [0.2, 0.25) is 5.89 Å². The van der Waals surface area contributed by atoms with E-state index in [9.17, 15) is 0 Å². The van der Waals surface area contributed by atoms with Crippen LogP contribution < -0.4 is 10.1 Å². The van der Waals surface area contributed by atoms with Crippen LogP contribution in [0.2, 0.25) is 0 Å². The van der Waals surface area contributed by atoms with Crippen LogP contribution in [-0.2, 0) is 13.1 Å². The molecule has 0 bridgehead atoms. The normalized spacial score (nSPS) is 10.8. The summed E-state index contributed by atoms with van der Waals surface area (Å²) in [6, 6.07) is 4.02. The second-order valence-electron chi connectivity index (χ2n) is 4.28. The topological polar surface area (TPSA) is 47.3 Å². The van der Waals surface area contributed by atoms with Crippen molar-refractivity contribution in [2.45, 2.75) is 26.9 Å². The fourth-order valence-corrected chi connectivity index (χ4v) is 3.27. The number of nitrogens with zero attached hydrogens (tertiary/aromatic N) is 1. The zero-order chi connectivity index (χ0) is 14.5. The van der Waals surface area contributed by atoms with E-state index in [1.54, 1.807) is 6.20 Å². The largest absolute Gasteiger partial charge is 0.492 e. The van der Waals surface area contributed by atoms with Gasteiger partial charge in [0.25, 0.3) is 0 Å². The average Bonchev–Trinajstić information content (AvgIpc) is 2.79. The second kappa shape index (κ2) is 7.24. The van der Waals surface area contributed by atoms with Gasteiger partial charge in [0.1, 0.15) is 11.5 Å². The Bertz CT molecular complexity index is 585. The minimum atomic E-state index is 0.587. The van der Waals surface area contributed by atoms with E-state index in [2.05, 4.69) is 42.2 Å². The first-order valence-corrected chi connectivity index (χ1v) is 7.91. The van der Waals surface area contributed by atoms with E-state index in [1.165, 1.54) is 0 Å². The van der Waals surface area contributed by atoms with Crippen LogP contribution in [0.1, 0.15) is 24.1 Å². The molecule has 108 valence electrons. The molecule has 0 aliphatic heterocycles. The highest BCUT2D eigenvalue weighted by Gasteiger charge is 2.10. The van der Waals surface area contributed by atoms with Gasteiger partial charge in [-0.1, -0.05) is 15.9 Å². The highest BCUT2D eigenvalue weighted by molar-refractivity contribution is 9.11. The van der Waals surface area contributed by atoms with Gasteiger partial charge in [-0.15, -0.1) is 0 Å². The summed E-state index contributed by atoms with van der Waals surface area (Å²) in [7, 11) is 0. The third kappa shape index (κ3) is 4.07. The number of nitrogens with one attached hydrogen (secondary N) is 1. The summed E-state index contributed by atoms with van der Waals surface area (Å²) in [5.41, 5.74) is 1.08. The Morgan fingerprint density at radius 1 is 1.30 bits per heavy atom. The molecule has 1 aromatic carbocycles. The first-order valence-electron chi connectivity index (χ1n) is 6.33. The Morgan fingerprint density at radius 3 is 2.75 bits per heavy atom. The van der Waals surface area contributed by atoms with Gasteiger partial charge in [0.15, 0.2) is 0 Å². The molecule has 6 heteroatoms. The average molecular weight is 404 g/mol. The number of halogens is 2. The number of oxazole rings is 1. The predicted molar refractivity (Wildman–Crippen MR) is 84.8 cm³/mol. The van der Waals surface area contributed by atoms with Gasteiger partial charge >= 0.3 is 0 Å².